The number of rotatable bonds is 2. The molecular formula is C14H7ClF3N3O. The molecule has 0 aliphatic rings. The van der Waals surface area contributed by atoms with Gasteiger partial charge in [-0.05, 0) is 30.3 Å². The van der Waals surface area contributed by atoms with Crippen LogP contribution in [0.4, 0.5) is 18.9 Å². The van der Waals surface area contributed by atoms with Gasteiger partial charge >= 0.3 is 6.18 Å². The minimum Gasteiger partial charge on any atom is -0.322 e. The highest BCUT2D eigenvalue weighted by molar-refractivity contribution is 6.31. The number of nitrogens with zero attached hydrogens (tertiary/aromatic N) is 2. The van der Waals surface area contributed by atoms with Gasteiger partial charge in [-0.2, -0.15) is 18.4 Å². The van der Waals surface area contributed by atoms with Gasteiger partial charge in [0.1, 0.15) is 11.8 Å². The molecule has 0 saturated carbocycles. The van der Waals surface area contributed by atoms with Gasteiger partial charge in [-0.15, -0.1) is 0 Å². The highest BCUT2D eigenvalue weighted by Gasteiger charge is 2.32. The van der Waals surface area contributed by atoms with E-state index in [4.69, 9.17) is 16.9 Å². The average molecular weight is 326 g/mol. The number of aromatic nitrogens is 1. The molecule has 0 spiro atoms. The van der Waals surface area contributed by atoms with Gasteiger partial charge in [-0.25, -0.2) is 0 Å². The lowest BCUT2D eigenvalue weighted by atomic mass is 10.2. The average Bonchev–Trinajstić information content (AvgIpc) is 2.48. The molecule has 22 heavy (non-hydrogen) atoms. The summed E-state index contributed by atoms with van der Waals surface area (Å²) < 4.78 is 37.1. The molecule has 8 heteroatoms. The highest BCUT2D eigenvalue weighted by atomic mass is 35.5. The smallest absolute Gasteiger partial charge is 0.322 e. The number of nitriles is 1. The van der Waals surface area contributed by atoms with Crippen molar-refractivity contribution in [3.63, 3.8) is 0 Å². The van der Waals surface area contributed by atoms with Crippen LogP contribution < -0.4 is 5.32 Å². The monoisotopic (exact) mass is 325 g/mol. The summed E-state index contributed by atoms with van der Waals surface area (Å²) >= 11 is 5.76. The van der Waals surface area contributed by atoms with Gasteiger partial charge in [0.05, 0.1) is 16.1 Å². The molecule has 1 aromatic carbocycles. The van der Waals surface area contributed by atoms with E-state index in [-0.39, 0.29) is 16.1 Å². The fourth-order valence-electron chi connectivity index (χ4n) is 1.59. The van der Waals surface area contributed by atoms with Crippen molar-refractivity contribution >= 4 is 23.2 Å². The summed E-state index contributed by atoms with van der Waals surface area (Å²) in [7, 11) is 0. The molecule has 0 fully saturated rings. The second-order valence-electron chi connectivity index (χ2n) is 4.19. The third kappa shape index (κ3) is 3.54. The third-order valence-corrected chi connectivity index (χ3v) is 2.99. The van der Waals surface area contributed by atoms with E-state index in [9.17, 15) is 18.0 Å². The summed E-state index contributed by atoms with van der Waals surface area (Å²) in [4.78, 5) is 15.1. The molecule has 2 rings (SSSR count). The maximum atomic E-state index is 12.4. The van der Waals surface area contributed by atoms with Gasteiger partial charge < -0.3 is 5.32 Å². The molecule has 0 aliphatic carbocycles. The number of pyridine rings is 1. The minimum atomic E-state index is -4.56. The van der Waals surface area contributed by atoms with Crippen LogP contribution in [-0.2, 0) is 6.18 Å². The Morgan fingerprint density at radius 1 is 1.27 bits per heavy atom. The number of benzene rings is 1. The Kier molecular flexibility index (Phi) is 4.33. The van der Waals surface area contributed by atoms with Crippen molar-refractivity contribution < 1.29 is 18.0 Å². The Morgan fingerprint density at radius 3 is 2.55 bits per heavy atom. The highest BCUT2D eigenvalue weighted by Crippen LogP contribution is 2.27. The predicted molar refractivity (Wildman–Crippen MR) is 73.4 cm³/mol. The SMILES string of the molecule is N#Cc1cc(NC(=O)c2ccc(C(F)(F)F)nc2)ccc1Cl. The Bertz CT molecular complexity index is 751. The number of alkyl halides is 3. The lowest BCUT2D eigenvalue weighted by Crippen LogP contribution is -2.14. The van der Waals surface area contributed by atoms with E-state index >= 15 is 0 Å². The van der Waals surface area contributed by atoms with Crippen LogP contribution in [0.25, 0.3) is 0 Å². The second-order valence-corrected chi connectivity index (χ2v) is 4.60. The maximum Gasteiger partial charge on any atom is 0.433 e. The lowest BCUT2D eigenvalue weighted by molar-refractivity contribution is -0.141. The molecule has 2 aromatic rings. The van der Waals surface area contributed by atoms with Crippen LogP contribution in [-0.4, -0.2) is 10.9 Å². The van der Waals surface area contributed by atoms with Crippen LogP contribution in [0.3, 0.4) is 0 Å². The molecule has 4 nitrogen and oxygen atoms in total. The van der Waals surface area contributed by atoms with E-state index in [2.05, 4.69) is 10.3 Å². The molecule has 0 atom stereocenters. The van der Waals surface area contributed by atoms with Crippen molar-refractivity contribution in [1.82, 2.24) is 4.98 Å². The minimum absolute atomic E-state index is 0.0403. The normalized spacial score (nSPS) is 10.9. The molecule has 1 aromatic heterocycles. The van der Waals surface area contributed by atoms with Crippen LogP contribution >= 0.6 is 11.6 Å². The zero-order valence-electron chi connectivity index (χ0n) is 10.8. The summed E-state index contributed by atoms with van der Waals surface area (Å²) in [6.07, 6.45) is -3.73. The number of nitrogens with one attached hydrogen (secondary N) is 1. The van der Waals surface area contributed by atoms with Gasteiger partial charge in [-0.1, -0.05) is 11.6 Å². The molecule has 0 radical (unpaired) electrons. The van der Waals surface area contributed by atoms with Crippen molar-refractivity contribution in [2.75, 3.05) is 5.32 Å². The zero-order valence-corrected chi connectivity index (χ0v) is 11.5. The zero-order chi connectivity index (χ0) is 16.3. The van der Waals surface area contributed by atoms with E-state index in [0.29, 0.717) is 5.69 Å². The fraction of sp³-hybridized carbons (Fsp3) is 0.0714. The predicted octanol–water partition coefficient (Wildman–Crippen LogP) is 3.88. The van der Waals surface area contributed by atoms with Crippen LogP contribution in [0.2, 0.25) is 5.02 Å². The molecule has 112 valence electrons. The number of amides is 1. The van der Waals surface area contributed by atoms with E-state index in [0.717, 1.165) is 18.3 Å². The fourth-order valence-corrected chi connectivity index (χ4v) is 1.75. The van der Waals surface area contributed by atoms with Crippen LogP contribution in [0.1, 0.15) is 21.6 Å². The lowest BCUT2D eigenvalue weighted by Gasteiger charge is -2.08. The molecule has 0 unspecified atom stereocenters. The largest absolute Gasteiger partial charge is 0.433 e. The Morgan fingerprint density at radius 2 is 2.00 bits per heavy atom. The van der Waals surface area contributed by atoms with Gasteiger partial charge in [0.15, 0.2) is 0 Å². The standard InChI is InChI=1S/C14H7ClF3N3O/c15-11-3-2-10(5-9(11)6-19)21-13(22)8-1-4-12(20-7-8)14(16,17)18/h1-5,7H,(H,21,22). The first kappa shape index (κ1) is 15.8. The summed E-state index contributed by atoms with van der Waals surface area (Å²) in [6.45, 7) is 0. The molecule has 0 saturated heterocycles. The summed E-state index contributed by atoms with van der Waals surface area (Å²) in [5.41, 5.74) is -0.653. The topological polar surface area (TPSA) is 65.8 Å². The van der Waals surface area contributed by atoms with Gasteiger partial charge in [-0.3, -0.25) is 9.78 Å². The van der Waals surface area contributed by atoms with Crippen molar-refractivity contribution in [3.8, 4) is 6.07 Å². The number of halogens is 4. The summed E-state index contributed by atoms with van der Waals surface area (Å²) in [5, 5.41) is 11.5. The first-order valence-electron chi connectivity index (χ1n) is 5.85. The first-order valence-corrected chi connectivity index (χ1v) is 6.23. The molecule has 0 aliphatic heterocycles. The number of anilines is 1. The molecule has 0 bridgehead atoms. The van der Waals surface area contributed by atoms with Crippen LogP contribution in [0.15, 0.2) is 36.5 Å². The van der Waals surface area contributed by atoms with Crippen LogP contribution in [0.5, 0.6) is 0 Å². The van der Waals surface area contributed by atoms with Gasteiger partial charge in [0, 0.05) is 11.9 Å². The number of carbonyl (C=O) groups excluding carboxylic acids is 1. The van der Waals surface area contributed by atoms with E-state index in [1.54, 1.807) is 0 Å². The van der Waals surface area contributed by atoms with Crippen LogP contribution in [0, 0.1) is 11.3 Å². The first-order chi connectivity index (χ1) is 10.3. The molecule has 1 amide bonds. The van der Waals surface area contributed by atoms with Gasteiger partial charge in [0.2, 0.25) is 0 Å². The number of hydrogen-bond donors (Lipinski definition) is 1. The third-order valence-electron chi connectivity index (χ3n) is 2.66. The second kappa shape index (κ2) is 6.03. The van der Waals surface area contributed by atoms with Gasteiger partial charge in [0.25, 0.3) is 5.91 Å². The number of hydrogen-bond acceptors (Lipinski definition) is 3. The van der Waals surface area contributed by atoms with Crippen molar-refractivity contribution in [2.24, 2.45) is 0 Å². The number of carbonyl (C=O) groups is 1. The Balaban J connectivity index is 2.18. The Hall–Kier alpha value is -2.59. The summed E-state index contributed by atoms with van der Waals surface area (Å²) in [5.74, 6) is -0.646. The van der Waals surface area contributed by atoms with E-state index in [1.807, 2.05) is 6.07 Å². The van der Waals surface area contributed by atoms with Crippen molar-refractivity contribution in [3.05, 3.63) is 58.4 Å². The Labute approximate surface area is 128 Å². The van der Waals surface area contributed by atoms with Crippen molar-refractivity contribution in [1.29, 1.82) is 5.26 Å². The van der Waals surface area contributed by atoms with E-state index < -0.39 is 17.8 Å². The van der Waals surface area contributed by atoms with E-state index in [1.165, 1.54) is 18.2 Å². The summed E-state index contributed by atoms with van der Waals surface area (Å²) in [6, 6.07) is 7.85. The molecular weight excluding hydrogens is 319 g/mol. The molecule has 1 heterocycles. The van der Waals surface area contributed by atoms with Crippen molar-refractivity contribution in [2.45, 2.75) is 6.18 Å². The molecule has 1 N–H and O–H groups in total. The quantitative estimate of drug-likeness (QED) is 0.911. The maximum absolute atomic E-state index is 12.4.